The van der Waals surface area contributed by atoms with Crippen LogP contribution in [0.4, 0.5) is 13.2 Å². The van der Waals surface area contributed by atoms with E-state index in [0.29, 0.717) is 12.0 Å². The fourth-order valence-electron chi connectivity index (χ4n) is 2.10. The summed E-state index contributed by atoms with van der Waals surface area (Å²) in [4.78, 5) is 11.7. The fourth-order valence-corrected chi connectivity index (χ4v) is 2.52. The molecule has 0 aliphatic heterocycles. The van der Waals surface area contributed by atoms with E-state index < -0.39 is 31.3 Å². The topological polar surface area (TPSA) is 40.5 Å². The molecule has 0 bridgehead atoms. The van der Waals surface area contributed by atoms with Gasteiger partial charge in [-0.2, -0.15) is 13.2 Å². The Hall–Kier alpha value is -1.08. The van der Waals surface area contributed by atoms with E-state index in [1.807, 2.05) is 0 Å². The van der Waals surface area contributed by atoms with Gasteiger partial charge in [0.1, 0.15) is 0 Å². The van der Waals surface area contributed by atoms with E-state index in [2.05, 4.69) is 15.9 Å². The lowest BCUT2D eigenvalue weighted by atomic mass is 10.0. The number of carboxylic acids is 1. The Morgan fingerprint density at radius 1 is 1.45 bits per heavy atom. The number of aliphatic carboxylic acids is 1. The molecule has 0 aliphatic rings. The van der Waals surface area contributed by atoms with E-state index in [9.17, 15) is 18.0 Å². The predicted octanol–water partition coefficient (Wildman–Crippen LogP) is 3.85. The highest BCUT2D eigenvalue weighted by Gasteiger charge is 2.34. The molecule has 112 valence electrons. The zero-order chi connectivity index (χ0) is 15.3. The van der Waals surface area contributed by atoms with Crippen LogP contribution in [-0.4, -0.2) is 35.2 Å². The van der Waals surface area contributed by atoms with Gasteiger partial charge in [0.25, 0.3) is 0 Å². The maximum absolute atomic E-state index is 12.6. The molecule has 0 radical (unpaired) electrons. The molecule has 0 heterocycles. The van der Waals surface area contributed by atoms with E-state index in [1.54, 1.807) is 31.2 Å². The largest absolute Gasteiger partial charge is 0.480 e. The zero-order valence-electron chi connectivity index (χ0n) is 10.8. The van der Waals surface area contributed by atoms with E-state index >= 15 is 0 Å². The number of alkyl halides is 3. The van der Waals surface area contributed by atoms with E-state index in [-0.39, 0.29) is 0 Å². The monoisotopic (exact) mass is 353 g/mol. The van der Waals surface area contributed by atoms with Gasteiger partial charge in [0, 0.05) is 10.5 Å². The lowest BCUT2D eigenvalue weighted by molar-refractivity contribution is -0.158. The number of hydrogen-bond donors (Lipinski definition) is 1. The molecule has 20 heavy (non-hydrogen) atoms. The smallest absolute Gasteiger partial charge is 0.401 e. The molecule has 1 unspecified atom stereocenters. The van der Waals surface area contributed by atoms with Gasteiger partial charge in [-0.15, -0.1) is 0 Å². The van der Waals surface area contributed by atoms with Crippen molar-refractivity contribution in [3.8, 4) is 0 Å². The summed E-state index contributed by atoms with van der Waals surface area (Å²) in [7, 11) is 0. The summed E-state index contributed by atoms with van der Waals surface area (Å²) in [5.74, 6) is -1.28. The molecular formula is C13H15BrF3NO2. The van der Waals surface area contributed by atoms with Crippen LogP contribution in [0.1, 0.15) is 24.9 Å². The molecule has 1 aromatic carbocycles. The highest BCUT2D eigenvalue weighted by atomic mass is 79.9. The van der Waals surface area contributed by atoms with Crippen LogP contribution in [0.15, 0.2) is 28.7 Å². The number of carbonyl (C=O) groups is 1. The van der Waals surface area contributed by atoms with Gasteiger partial charge in [0.05, 0.1) is 13.1 Å². The summed E-state index contributed by atoms with van der Waals surface area (Å²) in [6, 6.07) is 6.30. The van der Waals surface area contributed by atoms with Crippen LogP contribution >= 0.6 is 15.9 Å². The third-order valence-electron chi connectivity index (χ3n) is 2.78. The first-order chi connectivity index (χ1) is 9.23. The van der Waals surface area contributed by atoms with Crippen LogP contribution in [0.25, 0.3) is 0 Å². The van der Waals surface area contributed by atoms with Gasteiger partial charge in [-0.05, 0) is 24.1 Å². The molecule has 1 atom stereocenters. The molecule has 7 heteroatoms. The molecule has 1 N–H and O–H groups in total. The molecule has 0 aliphatic carbocycles. The van der Waals surface area contributed by atoms with Crippen molar-refractivity contribution in [3.63, 3.8) is 0 Å². The van der Waals surface area contributed by atoms with Gasteiger partial charge < -0.3 is 5.11 Å². The Morgan fingerprint density at radius 3 is 2.55 bits per heavy atom. The molecule has 1 aromatic rings. The minimum absolute atomic E-state index is 0.389. The van der Waals surface area contributed by atoms with E-state index in [1.165, 1.54) is 0 Å². The SMILES string of the molecule is CCC(c1cccc(Br)c1)N(CC(=O)O)CC(F)(F)F. The first kappa shape index (κ1) is 17.0. The highest BCUT2D eigenvalue weighted by molar-refractivity contribution is 9.10. The van der Waals surface area contributed by atoms with Crippen LogP contribution in [-0.2, 0) is 4.79 Å². The Balaban J connectivity index is 3.04. The number of carboxylic acid groups (broad SMARTS) is 1. The molecule has 0 aromatic heterocycles. The predicted molar refractivity (Wildman–Crippen MR) is 72.4 cm³/mol. The van der Waals surface area contributed by atoms with Crippen molar-refractivity contribution < 1.29 is 23.1 Å². The first-order valence-corrected chi connectivity index (χ1v) is 6.80. The minimum atomic E-state index is -4.44. The molecule has 0 saturated heterocycles. The van der Waals surface area contributed by atoms with Crippen molar-refractivity contribution in [3.05, 3.63) is 34.3 Å². The summed E-state index contributed by atoms with van der Waals surface area (Å²) in [6.45, 7) is -0.161. The third kappa shape index (κ3) is 5.50. The molecule has 0 amide bonds. The lowest BCUT2D eigenvalue weighted by Crippen LogP contribution is -2.40. The number of nitrogens with zero attached hydrogens (tertiary/aromatic N) is 1. The van der Waals surface area contributed by atoms with Gasteiger partial charge in [-0.3, -0.25) is 9.69 Å². The standard InChI is InChI=1S/C13H15BrF3NO2/c1-2-11(9-4-3-5-10(14)6-9)18(7-12(19)20)8-13(15,16)17/h3-6,11H,2,7-8H2,1H3,(H,19,20). The third-order valence-corrected chi connectivity index (χ3v) is 3.27. The van der Waals surface area contributed by atoms with Crippen molar-refractivity contribution in [1.29, 1.82) is 0 Å². The highest BCUT2D eigenvalue weighted by Crippen LogP contribution is 2.29. The van der Waals surface area contributed by atoms with Crippen molar-refractivity contribution in [2.75, 3.05) is 13.1 Å². The average Bonchev–Trinajstić information content (AvgIpc) is 2.26. The maximum atomic E-state index is 12.6. The molecule has 0 fully saturated rings. The summed E-state index contributed by atoms with van der Waals surface area (Å²) in [6.07, 6.45) is -4.05. The Labute approximate surface area is 123 Å². The summed E-state index contributed by atoms with van der Waals surface area (Å²) >= 11 is 3.26. The lowest BCUT2D eigenvalue weighted by Gasteiger charge is -2.30. The summed E-state index contributed by atoms with van der Waals surface area (Å²) in [5, 5.41) is 8.81. The van der Waals surface area contributed by atoms with Crippen LogP contribution in [0, 0.1) is 0 Å². The molecular weight excluding hydrogens is 339 g/mol. The van der Waals surface area contributed by atoms with Crippen molar-refractivity contribution in [1.82, 2.24) is 4.90 Å². The van der Waals surface area contributed by atoms with Crippen LogP contribution < -0.4 is 0 Å². The van der Waals surface area contributed by atoms with E-state index in [4.69, 9.17) is 5.11 Å². The van der Waals surface area contributed by atoms with Crippen molar-refractivity contribution >= 4 is 21.9 Å². The van der Waals surface area contributed by atoms with Crippen LogP contribution in [0.2, 0.25) is 0 Å². The van der Waals surface area contributed by atoms with Gasteiger partial charge in [0.15, 0.2) is 0 Å². The molecule has 3 nitrogen and oxygen atoms in total. The Morgan fingerprint density at radius 2 is 2.10 bits per heavy atom. The average molecular weight is 354 g/mol. The second kappa shape index (κ2) is 7.08. The van der Waals surface area contributed by atoms with Crippen LogP contribution in [0.5, 0.6) is 0 Å². The number of benzene rings is 1. The van der Waals surface area contributed by atoms with Crippen LogP contribution in [0.3, 0.4) is 0 Å². The van der Waals surface area contributed by atoms with Crippen molar-refractivity contribution in [2.45, 2.75) is 25.6 Å². The molecule has 1 rings (SSSR count). The second-order valence-corrected chi connectivity index (χ2v) is 5.31. The Kier molecular flexibility index (Phi) is 6.01. The molecule has 0 saturated carbocycles. The summed E-state index contributed by atoms with van der Waals surface area (Å²) in [5.41, 5.74) is 0.660. The normalized spacial score (nSPS) is 13.5. The van der Waals surface area contributed by atoms with Gasteiger partial charge in [0.2, 0.25) is 0 Å². The van der Waals surface area contributed by atoms with Crippen molar-refractivity contribution in [2.24, 2.45) is 0 Å². The number of hydrogen-bond acceptors (Lipinski definition) is 2. The quantitative estimate of drug-likeness (QED) is 0.844. The number of rotatable bonds is 6. The molecule has 0 spiro atoms. The fraction of sp³-hybridized carbons (Fsp3) is 0.462. The maximum Gasteiger partial charge on any atom is 0.401 e. The second-order valence-electron chi connectivity index (χ2n) is 4.39. The van der Waals surface area contributed by atoms with Gasteiger partial charge in [-0.25, -0.2) is 0 Å². The Bertz CT molecular complexity index is 465. The number of halogens is 4. The van der Waals surface area contributed by atoms with Gasteiger partial charge in [-0.1, -0.05) is 35.0 Å². The summed E-state index contributed by atoms with van der Waals surface area (Å²) < 4.78 is 38.6. The van der Waals surface area contributed by atoms with Gasteiger partial charge >= 0.3 is 12.1 Å². The minimum Gasteiger partial charge on any atom is -0.480 e. The zero-order valence-corrected chi connectivity index (χ0v) is 12.4. The first-order valence-electron chi connectivity index (χ1n) is 6.01. The van der Waals surface area contributed by atoms with E-state index in [0.717, 1.165) is 9.37 Å².